The molecule has 3 aliphatic rings. The predicted octanol–water partition coefficient (Wildman–Crippen LogP) is 2.69. The fourth-order valence-electron chi connectivity index (χ4n) is 4.45. The van der Waals surface area contributed by atoms with Gasteiger partial charge in [0, 0.05) is 45.8 Å². The van der Waals surface area contributed by atoms with Crippen LogP contribution in [0.1, 0.15) is 36.0 Å². The number of carbonyl (C=O) groups is 2. The number of benzene rings is 1. The Kier molecular flexibility index (Phi) is 6.51. The molecule has 8 heteroatoms. The molecule has 0 aromatic heterocycles. The number of amides is 2. The first-order valence-corrected chi connectivity index (χ1v) is 10.9. The summed E-state index contributed by atoms with van der Waals surface area (Å²) in [6, 6.07) is 6.04. The minimum absolute atomic E-state index is 0.107. The summed E-state index contributed by atoms with van der Waals surface area (Å²) in [5.74, 6) is 0.231. The number of para-hydroxylation sites is 1. The van der Waals surface area contributed by atoms with Gasteiger partial charge < -0.3 is 14.5 Å². The molecule has 1 aromatic rings. The van der Waals surface area contributed by atoms with Crippen molar-refractivity contribution in [1.29, 1.82) is 0 Å². The molecular weight excluding hydrogens is 392 g/mol. The SMILES string of the molecule is O=C(c1ccccc1OC(F)F)N1CCCC(C(=O)N2CCN(CC3CC3)CC2)C1. The van der Waals surface area contributed by atoms with Crippen molar-refractivity contribution in [3.63, 3.8) is 0 Å². The van der Waals surface area contributed by atoms with E-state index in [0.717, 1.165) is 51.5 Å². The van der Waals surface area contributed by atoms with Gasteiger partial charge in [-0.1, -0.05) is 12.1 Å². The van der Waals surface area contributed by atoms with Gasteiger partial charge in [0.2, 0.25) is 5.91 Å². The molecule has 0 bridgehead atoms. The number of halogens is 2. The van der Waals surface area contributed by atoms with Crippen molar-refractivity contribution < 1.29 is 23.1 Å². The Morgan fingerprint density at radius 1 is 1.00 bits per heavy atom. The molecule has 6 nitrogen and oxygen atoms in total. The monoisotopic (exact) mass is 421 g/mol. The molecule has 2 amide bonds. The largest absolute Gasteiger partial charge is 0.434 e. The highest BCUT2D eigenvalue weighted by Gasteiger charge is 2.34. The predicted molar refractivity (Wildman–Crippen MR) is 107 cm³/mol. The Bertz CT molecular complexity index is 764. The quantitative estimate of drug-likeness (QED) is 0.709. The third-order valence-electron chi connectivity index (χ3n) is 6.29. The first-order valence-electron chi connectivity index (χ1n) is 10.9. The van der Waals surface area contributed by atoms with Crippen molar-refractivity contribution in [2.24, 2.45) is 11.8 Å². The molecule has 3 fully saturated rings. The molecule has 1 unspecified atom stereocenters. The summed E-state index contributed by atoms with van der Waals surface area (Å²) in [7, 11) is 0. The molecular formula is C22H29F2N3O3. The summed E-state index contributed by atoms with van der Waals surface area (Å²) in [5, 5.41) is 0. The van der Waals surface area contributed by atoms with Gasteiger partial charge in [0.25, 0.3) is 5.91 Å². The van der Waals surface area contributed by atoms with Crippen LogP contribution in [0.5, 0.6) is 5.75 Å². The van der Waals surface area contributed by atoms with Gasteiger partial charge in [-0.3, -0.25) is 14.5 Å². The van der Waals surface area contributed by atoms with Crippen LogP contribution in [0.2, 0.25) is 0 Å². The summed E-state index contributed by atoms with van der Waals surface area (Å²) in [5.41, 5.74) is 0.111. The van der Waals surface area contributed by atoms with Crippen molar-refractivity contribution >= 4 is 11.8 Å². The second-order valence-electron chi connectivity index (χ2n) is 8.53. The minimum atomic E-state index is -2.99. The minimum Gasteiger partial charge on any atom is -0.434 e. The summed E-state index contributed by atoms with van der Waals surface area (Å²) in [4.78, 5) is 32.0. The number of nitrogens with zero attached hydrogens (tertiary/aromatic N) is 3. The van der Waals surface area contributed by atoms with E-state index in [1.54, 1.807) is 17.0 Å². The number of rotatable bonds is 6. The number of piperidine rings is 1. The number of carbonyl (C=O) groups excluding carboxylic acids is 2. The van der Waals surface area contributed by atoms with Crippen molar-refractivity contribution in [3.05, 3.63) is 29.8 Å². The number of likely N-dealkylation sites (tertiary alicyclic amines) is 1. The Balaban J connectivity index is 1.35. The topological polar surface area (TPSA) is 53.1 Å². The van der Waals surface area contributed by atoms with E-state index in [4.69, 9.17) is 0 Å². The highest BCUT2D eigenvalue weighted by Crippen LogP contribution is 2.30. The van der Waals surface area contributed by atoms with Crippen molar-refractivity contribution in [1.82, 2.24) is 14.7 Å². The van der Waals surface area contributed by atoms with Gasteiger partial charge in [0.1, 0.15) is 5.75 Å². The summed E-state index contributed by atoms with van der Waals surface area (Å²) in [6.45, 7) is 2.29. The Morgan fingerprint density at radius 3 is 2.43 bits per heavy atom. The Labute approximate surface area is 175 Å². The van der Waals surface area contributed by atoms with E-state index in [0.29, 0.717) is 13.1 Å². The van der Waals surface area contributed by atoms with Gasteiger partial charge in [-0.25, -0.2) is 0 Å². The molecule has 0 N–H and O–H groups in total. The van der Waals surface area contributed by atoms with Crippen LogP contribution in [0.25, 0.3) is 0 Å². The lowest BCUT2D eigenvalue weighted by molar-refractivity contribution is -0.138. The molecule has 4 rings (SSSR count). The number of hydrogen-bond acceptors (Lipinski definition) is 4. The molecule has 2 aliphatic heterocycles. The molecule has 2 heterocycles. The maximum atomic E-state index is 13.1. The van der Waals surface area contributed by atoms with Gasteiger partial charge in [-0.15, -0.1) is 0 Å². The molecule has 2 saturated heterocycles. The Hall–Kier alpha value is -2.22. The zero-order valence-corrected chi connectivity index (χ0v) is 17.1. The molecule has 0 radical (unpaired) electrons. The maximum absolute atomic E-state index is 13.1. The van der Waals surface area contributed by atoms with Crippen LogP contribution < -0.4 is 4.74 Å². The molecule has 1 aromatic carbocycles. The van der Waals surface area contributed by atoms with Crippen molar-refractivity contribution in [3.8, 4) is 5.75 Å². The van der Waals surface area contributed by atoms with Gasteiger partial charge in [-0.05, 0) is 43.7 Å². The molecule has 1 atom stereocenters. The smallest absolute Gasteiger partial charge is 0.387 e. The standard InChI is InChI=1S/C22H29F2N3O3/c23-22(24)30-19-6-2-1-5-18(19)21(29)27-9-3-4-17(15-27)20(28)26-12-10-25(11-13-26)14-16-7-8-16/h1-2,5-6,16-17,22H,3-4,7-15H2. The van der Waals surface area contributed by atoms with Gasteiger partial charge in [0.15, 0.2) is 0 Å². The normalized spacial score (nSPS) is 23.0. The maximum Gasteiger partial charge on any atom is 0.387 e. The first-order chi connectivity index (χ1) is 14.5. The first kappa shape index (κ1) is 21.0. The van der Waals surface area contributed by atoms with Crippen LogP contribution in [0.3, 0.4) is 0 Å². The van der Waals surface area contributed by atoms with Crippen LogP contribution in [0.15, 0.2) is 24.3 Å². The zero-order valence-electron chi connectivity index (χ0n) is 17.1. The van der Waals surface area contributed by atoms with Crippen molar-refractivity contribution in [2.75, 3.05) is 45.8 Å². The van der Waals surface area contributed by atoms with Gasteiger partial charge in [0.05, 0.1) is 11.5 Å². The zero-order chi connectivity index (χ0) is 21.1. The second kappa shape index (κ2) is 9.29. The number of hydrogen-bond donors (Lipinski definition) is 0. The molecule has 1 saturated carbocycles. The number of piperazine rings is 1. The molecule has 164 valence electrons. The third-order valence-corrected chi connectivity index (χ3v) is 6.29. The fraction of sp³-hybridized carbons (Fsp3) is 0.636. The second-order valence-corrected chi connectivity index (χ2v) is 8.53. The third kappa shape index (κ3) is 5.09. The van der Waals surface area contributed by atoms with E-state index in [1.807, 2.05) is 4.90 Å². The van der Waals surface area contributed by atoms with E-state index in [1.165, 1.54) is 25.0 Å². The van der Waals surface area contributed by atoms with Crippen molar-refractivity contribution in [2.45, 2.75) is 32.3 Å². The lowest BCUT2D eigenvalue weighted by Gasteiger charge is -2.39. The van der Waals surface area contributed by atoms with Crippen LogP contribution in [0, 0.1) is 11.8 Å². The van der Waals surface area contributed by atoms with E-state index < -0.39 is 6.61 Å². The van der Waals surface area contributed by atoms with E-state index in [9.17, 15) is 18.4 Å². The van der Waals surface area contributed by atoms with Gasteiger partial charge >= 0.3 is 6.61 Å². The highest BCUT2D eigenvalue weighted by molar-refractivity contribution is 5.97. The van der Waals surface area contributed by atoms with Crippen LogP contribution in [-0.2, 0) is 4.79 Å². The lowest BCUT2D eigenvalue weighted by atomic mass is 9.95. The summed E-state index contributed by atoms with van der Waals surface area (Å²) >= 11 is 0. The van der Waals surface area contributed by atoms with E-state index in [2.05, 4.69) is 9.64 Å². The fourth-order valence-corrected chi connectivity index (χ4v) is 4.45. The lowest BCUT2D eigenvalue weighted by Crippen LogP contribution is -2.53. The highest BCUT2D eigenvalue weighted by atomic mass is 19.3. The Morgan fingerprint density at radius 2 is 1.73 bits per heavy atom. The van der Waals surface area contributed by atoms with E-state index >= 15 is 0 Å². The average molecular weight is 421 g/mol. The number of alkyl halides is 2. The molecule has 0 spiro atoms. The number of ether oxygens (including phenoxy) is 1. The van der Waals surface area contributed by atoms with E-state index in [-0.39, 0.29) is 29.0 Å². The summed E-state index contributed by atoms with van der Waals surface area (Å²) < 4.78 is 29.9. The van der Waals surface area contributed by atoms with Crippen LogP contribution in [0.4, 0.5) is 8.78 Å². The van der Waals surface area contributed by atoms with Crippen LogP contribution in [-0.4, -0.2) is 78.9 Å². The molecule has 30 heavy (non-hydrogen) atoms. The molecule has 1 aliphatic carbocycles. The summed E-state index contributed by atoms with van der Waals surface area (Å²) in [6.07, 6.45) is 4.13. The average Bonchev–Trinajstić information content (AvgIpc) is 3.57. The van der Waals surface area contributed by atoms with Crippen LogP contribution >= 0.6 is 0 Å². The van der Waals surface area contributed by atoms with Gasteiger partial charge in [-0.2, -0.15) is 8.78 Å².